The second-order valence-electron chi connectivity index (χ2n) is 7.98. The summed E-state index contributed by atoms with van der Waals surface area (Å²) in [5.74, 6) is 2.18. The number of allylic oxidation sites excluding steroid dienone is 1. The summed E-state index contributed by atoms with van der Waals surface area (Å²) < 4.78 is 22.6. The van der Waals surface area contributed by atoms with Gasteiger partial charge in [0, 0.05) is 17.2 Å². The van der Waals surface area contributed by atoms with Crippen LogP contribution in [-0.2, 0) is 0 Å². The van der Waals surface area contributed by atoms with Crippen molar-refractivity contribution < 1.29 is 28.5 Å². The van der Waals surface area contributed by atoms with Gasteiger partial charge in [0.05, 0.1) is 12.7 Å². The molecule has 2 heterocycles. The molecule has 0 unspecified atom stereocenters. The Balaban J connectivity index is 1.30. The van der Waals surface area contributed by atoms with Crippen molar-refractivity contribution in [3.8, 4) is 23.0 Å². The molecule has 3 aromatic carbocycles. The van der Waals surface area contributed by atoms with Crippen LogP contribution < -0.4 is 18.9 Å². The highest BCUT2D eigenvalue weighted by molar-refractivity contribution is 6.12. The minimum absolute atomic E-state index is 0.136. The minimum Gasteiger partial charge on any atom is -0.497 e. The molecule has 0 radical (unpaired) electrons. The Bertz CT molecular complexity index is 1330. The zero-order valence-electron chi connectivity index (χ0n) is 18.7. The minimum atomic E-state index is -0.217. The maximum absolute atomic E-state index is 12.9. The molecule has 0 spiro atoms. The van der Waals surface area contributed by atoms with Crippen molar-refractivity contribution in [2.75, 3.05) is 13.7 Å². The number of para-hydroxylation sites is 1. The van der Waals surface area contributed by atoms with Gasteiger partial charge >= 0.3 is 0 Å². The highest BCUT2D eigenvalue weighted by Crippen LogP contribution is 2.36. The lowest BCUT2D eigenvalue weighted by Gasteiger charge is -2.22. The Hall–Kier alpha value is -4.32. The Morgan fingerprint density at radius 3 is 2.56 bits per heavy atom. The summed E-state index contributed by atoms with van der Waals surface area (Å²) in [5, 5.41) is 0. The van der Waals surface area contributed by atoms with Crippen LogP contribution in [0.15, 0.2) is 84.1 Å². The predicted molar refractivity (Wildman–Crippen MR) is 127 cm³/mol. The highest BCUT2D eigenvalue weighted by atomic mass is 16.5. The summed E-state index contributed by atoms with van der Waals surface area (Å²) in [6.07, 6.45) is 3.50. The van der Waals surface area contributed by atoms with E-state index in [1.54, 1.807) is 55.7 Å². The first-order valence-electron chi connectivity index (χ1n) is 10.9. The van der Waals surface area contributed by atoms with Crippen molar-refractivity contribution in [2.45, 2.75) is 13.0 Å². The first-order chi connectivity index (χ1) is 16.5. The number of hydrogen-bond donors (Lipinski definition) is 0. The molecule has 5 rings (SSSR count). The molecule has 0 saturated carbocycles. The van der Waals surface area contributed by atoms with Gasteiger partial charge in [-0.15, -0.1) is 0 Å². The molecule has 1 atom stereocenters. The number of Topliss-reactive ketones (excluding diaryl/α,β-unsaturated/α-hetero) is 2. The number of hydrogen-bond acceptors (Lipinski definition) is 6. The van der Waals surface area contributed by atoms with Gasteiger partial charge in [0.2, 0.25) is 5.78 Å². The number of carbonyl (C=O) groups excluding carboxylic acids is 2. The molecule has 34 heavy (non-hydrogen) atoms. The van der Waals surface area contributed by atoms with E-state index >= 15 is 0 Å². The Morgan fingerprint density at radius 2 is 1.76 bits per heavy atom. The number of ether oxygens (including phenoxy) is 4. The van der Waals surface area contributed by atoms with E-state index in [-0.39, 0.29) is 30.0 Å². The molecule has 0 fully saturated rings. The first-order valence-corrected chi connectivity index (χ1v) is 10.9. The summed E-state index contributed by atoms with van der Waals surface area (Å²) in [6, 6.07) is 19.5. The predicted octanol–water partition coefficient (Wildman–Crippen LogP) is 5.28. The summed E-state index contributed by atoms with van der Waals surface area (Å²) in [5.41, 5.74) is 2.77. The van der Waals surface area contributed by atoms with Crippen LogP contribution in [0.2, 0.25) is 0 Å². The SMILES string of the molecule is COc1ccc(C(=O)COc2ccc3c(c2)OC(=CC2=Cc4ccccc4O[C@H]2C)C3=O)cc1. The average Bonchev–Trinajstić information content (AvgIpc) is 3.17. The van der Waals surface area contributed by atoms with Crippen molar-refractivity contribution >= 4 is 17.6 Å². The third-order valence-electron chi connectivity index (χ3n) is 5.74. The summed E-state index contributed by atoms with van der Waals surface area (Å²) >= 11 is 0. The number of carbonyl (C=O) groups is 2. The molecule has 170 valence electrons. The fourth-order valence-corrected chi connectivity index (χ4v) is 3.84. The van der Waals surface area contributed by atoms with Crippen LogP contribution in [0.5, 0.6) is 23.0 Å². The van der Waals surface area contributed by atoms with Crippen molar-refractivity contribution in [3.05, 3.63) is 101 Å². The van der Waals surface area contributed by atoms with Crippen molar-refractivity contribution in [1.29, 1.82) is 0 Å². The quantitative estimate of drug-likeness (QED) is 0.373. The van der Waals surface area contributed by atoms with Crippen LogP contribution in [0.3, 0.4) is 0 Å². The fraction of sp³-hybridized carbons (Fsp3) is 0.143. The van der Waals surface area contributed by atoms with Gasteiger partial charge in [-0.05, 0) is 67.1 Å². The van der Waals surface area contributed by atoms with E-state index in [0.717, 1.165) is 16.9 Å². The summed E-state index contributed by atoms with van der Waals surface area (Å²) in [6.45, 7) is 1.79. The van der Waals surface area contributed by atoms with E-state index in [1.807, 2.05) is 37.3 Å². The van der Waals surface area contributed by atoms with Gasteiger partial charge in [0.15, 0.2) is 18.1 Å². The molecule has 0 aromatic heterocycles. The maximum atomic E-state index is 12.9. The summed E-state index contributed by atoms with van der Waals surface area (Å²) in [4.78, 5) is 25.3. The van der Waals surface area contributed by atoms with Gasteiger partial charge in [0.25, 0.3) is 0 Å². The molecule has 6 nitrogen and oxygen atoms in total. The van der Waals surface area contributed by atoms with Gasteiger partial charge in [-0.1, -0.05) is 18.2 Å². The number of fused-ring (bicyclic) bond motifs is 2. The average molecular weight is 454 g/mol. The van der Waals surface area contributed by atoms with Gasteiger partial charge in [-0.2, -0.15) is 0 Å². The molecule has 0 amide bonds. The Labute approximate surface area is 197 Å². The van der Waals surface area contributed by atoms with E-state index in [1.165, 1.54) is 0 Å². The van der Waals surface area contributed by atoms with Crippen molar-refractivity contribution in [1.82, 2.24) is 0 Å². The highest BCUT2D eigenvalue weighted by Gasteiger charge is 2.29. The van der Waals surface area contributed by atoms with Crippen molar-refractivity contribution in [2.24, 2.45) is 0 Å². The number of benzene rings is 3. The van der Waals surface area contributed by atoms with Crippen LogP contribution in [0.4, 0.5) is 0 Å². The Kier molecular flexibility index (Phi) is 5.64. The second-order valence-corrected chi connectivity index (χ2v) is 7.98. The van der Waals surface area contributed by atoms with Crippen LogP contribution >= 0.6 is 0 Å². The van der Waals surface area contributed by atoms with E-state index in [4.69, 9.17) is 18.9 Å². The largest absolute Gasteiger partial charge is 0.497 e. The monoisotopic (exact) mass is 454 g/mol. The molecular formula is C28H22O6. The molecule has 6 heteroatoms. The lowest BCUT2D eigenvalue weighted by atomic mass is 10.0. The van der Waals surface area contributed by atoms with Crippen molar-refractivity contribution in [3.63, 3.8) is 0 Å². The maximum Gasteiger partial charge on any atom is 0.231 e. The van der Waals surface area contributed by atoms with E-state index in [9.17, 15) is 9.59 Å². The zero-order chi connectivity index (χ0) is 23.7. The van der Waals surface area contributed by atoms with Gasteiger partial charge in [0.1, 0.15) is 29.1 Å². The molecule has 0 aliphatic carbocycles. The molecule has 0 N–H and O–H groups in total. The van der Waals surface area contributed by atoms with Gasteiger partial charge in [-0.3, -0.25) is 9.59 Å². The molecule has 0 bridgehead atoms. The summed E-state index contributed by atoms with van der Waals surface area (Å²) in [7, 11) is 1.57. The van der Waals surface area contributed by atoms with Crippen LogP contribution in [-0.4, -0.2) is 31.4 Å². The number of ketones is 2. The third-order valence-corrected chi connectivity index (χ3v) is 5.74. The smallest absolute Gasteiger partial charge is 0.231 e. The number of methoxy groups -OCH3 is 1. The molecule has 0 saturated heterocycles. The second kappa shape index (κ2) is 8.90. The van der Waals surface area contributed by atoms with E-state index in [2.05, 4.69) is 0 Å². The molecule has 2 aliphatic rings. The van der Waals surface area contributed by atoms with Crippen LogP contribution in [0.1, 0.15) is 33.2 Å². The zero-order valence-corrected chi connectivity index (χ0v) is 18.7. The van der Waals surface area contributed by atoms with E-state index < -0.39 is 0 Å². The fourth-order valence-electron chi connectivity index (χ4n) is 3.84. The number of rotatable bonds is 6. The standard InChI is InChI=1S/C28H22O6/c1-17-20(13-19-5-3-4-6-25(19)33-17)14-27-28(30)23-12-11-22(15-26(23)34-27)32-16-24(29)18-7-9-21(31-2)10-8-18/h3-15,17H,16H2,1-2H3/t17-/m0/s1. The third kappa shape index (κ3) is 4.18. The molecule has 3 aromatic rings. The van der Waals surface area contributed by atoms with Gasteiger partial charge < -0.3 is 18.9 Å². The van der Waals surface area contributed by atoms with E-state index in [0.29, 0.717) is 28.4 Å². The lowest BCUT2D eigenvalue weighted by molar-refractivity contribution is 0.0920. The van der Waals surface area contributed by atoms with Gasteiger partial charge in [-0.25, -0.2) is 0 Å². The topological polar surface area (TPSA) is 71.1 Å². The van der Waals surface area contributed by atoms with Crippen LogP contribution in [0, 0.1) is 0 Å². The first kappa shape index (κ1) is 21.5. The van der Waals surface area contributed by atoms with Crippen LogP contribution in [0.25, 0.3) is 6.08 Å². The molecule has 2 aliphatic heterocycles. The lowest BCUT2D eigenvalue weighted by Crippen LogP contribution is -2.18. The molecular weight excluding hydrogens is 432 g/mol. The normalized spacial score (nSPS) is 17.2. The Morgan fingerprint density at radius 1 is 1.00 bits per heavy atom.